The zero-order valence-corrected chi connectivity index (χ0v) is 24.2. The molecule has 0 unspecified atom stereocenters. The highest BCUT2D eigenvalue weighted by molar-refractivity contribution is 5.89. The predicted octanol–water partition coefficient (Wildman–Crippen LogP) is 6.31. The highest BCUT2D eigenvalue weighted by atomic mass is 16.7. The molecule has 7 heteroatoms. The monoisotopic (exact) mass is 579 g/mol. The lowest BCUT2D eigenvalue weighted by molar-refractivity contribution is -0.272. The van der Waals surface area contributed by atoms with Crippen molar-refractivity contribution in [3.63, 3.8) is 0 Å². The maximum atomic E-state index is 13.3. The largest absolute Gasteiger partial charge is 0.491 e. The van der Waals surface area contributed by atoms with Crippen LogP contribution in [0.2, 0.25) is 0 Å². The third-order valence-electron chi connectivity index (χ3n) is 7.02. The maximum absolute atomic E-state index is 13.3. The van der Waals surface area contributed by atoms with E-state index < -0.39 is 36.6 Å². The Morgan fingerprint density at radius 1 is 0.744 bits per heavy atom. The van der Waals surface area contributed by atoms with Crippen LogP contribution < -0.4 is 10.1 Å². The topological polar surface area (TPSA) is 75.3 Å². The lowest BCUT2D eigenvalue weighted by Crippen LogP contribution is -2.65. The van der Waals surface area contributed by atoms with Crippen molar-refractivity contribution in [2.24, 2.45) is 0 Å². The number of esters is 1. The Morgan fingerprint density at radius 3 is 1.81 bits per heavy atom. The zero-order chi connectivity index (χ0) is 29.9. The number of hydrogen-bond donors (Lipinski definition) is 1. The second-order valence-electron chi connectivity index (χ2n) is 10.4. The summed E-state index contributed by atoms with van der Waals surface area (Å²) in [5, 5.41) is 3.36. The number of hydrogen-bond acceptors (Lipinski definition) is 7. The predicted molar refractivity (Wildman–Crippen MR) is 164 cm³/mol. The van der Waals surface area contributed by atoms with Crippen LogP contribution in [-0.4, -0.2) is 43.2 Å². The number of para-hydroxylation sites is 1. The molecule has 1 N–H and O–H groups in total. The summed E-state index contributed by atoms with van der Waals surface area (Å²) < 4.78 is 31.9. The van der Waals surface area contributed by atoms with Crippen molar-refractivity contribution in [3.05, 3.63) is 150 Å². The number of benzene rings is 4. The average molecular weight is 580 g/mol. The van der Waals surface area contributed by atoms with Crippen LogP contribution in [0.15, 0.2) is 134 Å². The highest BCUT2D eigenvalue weighted by Crippen LogP contribution is 2.30. The minimum Gasteiger partial charge on any atom is -0.491 e. The molecule has 1 heterocycles. The van der Waals surface area contributed by atoms with E-state index in [9.17, 15) is 4.79 Å². The second kappa shape index (κ2) is 15.2. The van der Waals surface area contributed by atoms with Gasteiger partial charge in [0.15, 0.2) is 0 Å². The Morgan fingerprint density at radius 2 is 1.26 bits per heavy atom. The first-order chi connectivity index (χ1) is 21.1. The molecule has 1 fully saturated rings. The number of rotatable bonds is 13. The van der Waals surface area contributed by atoms with Crippen LogP contribution in [0.5, 0.6) is 5.75 Å². The maximum Gasteiger partial charge on any atom is 0.340 e. The Balaban J connectivity index is 1.47. The number of carbonyl (C=O) groups excluding carboxylic acids is 1. The van der Waals surface area contributed by atoms with Gasteiger partial charge in [-0.3, -0.25) is 0 Å². The van der Waals surface area contributed by atoms with Crippen LogP contribution >= 0.6 is 0 Å². The zero-order valence-electron chi connectivity index (χ0n) is 24.2. The standard InChI is InChI=1S/C36H37NO6/c1-26(2)37-32-34(41-24-28-17-9-4-10-18-28)33(40-23-27-15-7-3-8-16-27)31(25-39-30-21-13-6-14-22-30)42-36(32)43-35(38)29-19-11-5-12-20-29/h3-22,31-34,36-37H,1,23-25H2,2H3/t31-,32-,33+,34+,36+/m0/s1. The van der Waals surface area contributed by atoms with Crippen molar-refractivity contribution < 1.29 is 28.5 Å². The summed E-state index contributed by atoms with van der Waals surface area (Å²) in [4.78, 5) is 13.3. The van der Waals surface area contributed by atoms with Gasteiger partial charge in [-0.25, -0.2) is 4.79 Å². The summed E-state index contributed by atoms with van der Waals surface area (Å²) >= 11 is 0. The fourth-order valence-corrected chi connectivity index (χ4v) is 4.95. The molecule has 43 heavy (non-hydrogen) atoms. The van der Waals surface area contributed by atoms with Gasteiger partial charge in [0, 0.05) is 5.70 Å². The molecule has 1 aliphatic rings. The summed E-state index contributed by atoms with van der Waals surface area (Å²) in [5.41, 5.74) is 3.10. The lowest BCUT2D eigenvalue weighted by Gasteiger charge is -2.46. The van der Waals surface area contributed by atoms with Crippen LogP contribution in [0, 0.1) is 0 Å². The van der Waals surface area contributed by atoms with Crippen LogP contribution in [0.4, 0.5) is 0 Å². The van der Waals surface area contributed by atoms with E-state index in [0.29, 0.717) is 30.2 Å². The first-order valence-corrected chi connectivity index (χ1v) is 14.4. The van der Waals surface area contributed by atoms with Crippen molar-refractivity contribution in [3.8, 4) is 5.75 Å². The summed E-state index contributed by atoms with van der Waals surface area (Å²) in [5.74, 6) is 0.182. The molecule has 5 rings (SSSR count). The van der Waals surface area contributed by atoms with E-state index >= 15 is 0 Å². The van der Waals surface area contributed by atoms with Crippen LogP contribution in [-0.2, 0) is 32.2 Å². The number of ether oxygens (including phenoxy) is 5. The van der Waals surface area contributed by atoms with Gasteiger partial charge in [0.05, 0.1) is 18.8 Å². The fraction of sp³-hybridized carbons (Fsp3) is 0.250. The molecule has 0 bridgehead atoms. The third kappa shape index (κ3) is 8.55. The molecule has 5 atom stereocenters. The Labute approximate surface area is 253 Å². The van der Waals surface area contributed by atoms with Crippen LogP contribution in [0.3, 0.4) is 0 Å². The number of carbonyl (C=O) groups is 1. The normalized spacial score (nSPS) is 21.5. The van der Waals surface area contributed by atoms with Gasteiger partial charge in [0.1, 0.15) is 36.7 Å². The minimum absolute atomic E-state index is 0.147. The summed E-state index contributed by atoms with van der Waals surface area (Å²) in [6.07, 6.45) is -2.85. The SMILES string of the molecule is C=C(C)N[C@@H]1[C@@H](OC(=O)c2ccccc2)O[C@@H](COc2ccccc2)[C@@H](OCc2ccccc2)[C@@H]1OCc1ccccc1. The van der Waals surface area contributed by atoms with E-state index in [1.807, 2.05) is 104 Å². The Hall–Kier alpha value is -4.43. The smallest absolute Gasteiger partial charge is 0.340 e. The van der Waals surface area contributed by atoms with E-state index in [4.69, 9.17) is 23.7 Å². The van der Waals surface area contributed by atoms with Crippen molar-refractivity contribution >= 4 is 5.97 Å². The van der Waals surface area contributed by atoms with Gasteiger partial charge in [-0.1, -0.05) is 104 Å². The quantitative estimate of drug-likeness (QED) is 0.186. The molecule has 7 nitrogen and oxygen atoms in total. The molecule has 0 aliphatic carbocycles. The fourth-order valence-electron chi connectivity index (χ4n) is 4.95. The van der Waals surface area contributed by atoms with Gasteiger partial charge in [-0.05, 0) is 42.3 Å². The van der Waals surface area contributed by atoms with Gasteiger partial charge < -0.3 is 29.0 Å². The molecule has 1 saturated heterocycles. The molecule has 1 aliphatic heterocycles. The molecular formula is C36H37NO6. The van der Waals surface area contributed by atoms with E-state index in [0.717, 1.165) is 11.1 Å². The van der Waals surface area contributed by atoms with E-state index in [-0.39, 0.29) is 6.61 Å². The molecule has 0 aromatic heterocycles. The third-order valence-corrected chi connectivity index (χ3v) is 7.02. The average Bonchev–Trinajstić information content (AvgIpc) is 3.05. The Kier molecular flexibility index (Phi) is 10.6. The van der Waals surface area contributed by atoms with E-state index in [1.165, 1.54) is 0 Å². The van der Waals surface area contributed by atoms with Gasteiger partial charge in [-0.15, -0.1) is 0 Å². The van der Waals surface area contributed by atoms with Gasteiger partial charge in [0.25, 0.3) is 0 Å². The van der Waals surface area contributed by atoms with Crippen molar-refractivity contribution in [1.29, 1.82) is 0 Å². The molecule has 4 aromatic rings. The van der Waals surface area contributed by atoms with E-state index in [2.05, 4.69) is 11.9 Å². The van der Waals surface area contributed by atoms with Crippen LogP contribution in [0.1, 0.15) is 28.4 Å². The molecule has 0 spiro atoms. The molecule has 0 saturated carbocycles. The lowest BCUT2D eigenvalue weighted by atomic mass is 9.95. The highest BCUT2D eigenvalue weighted by Gasteiger charge is 2.49. The van der Waals surface area contributed by atoms with Crippen LogP contribution in [0.25, 0.3) is 0 Å². The summed E-state index contributed by atoms with van der Waals surface area (Å²) in [6, 6.07) is 37.5. The summed E-state index contributed by atoms with van der Waals surface area (Å²) in [6.45, 7) is 6.69. The molecular weight excluding hydrogens is 542 g/mol. The van der Waals surface area contributed by atoms with Gasteiger partial charge >= 0.3 is 5.97 Å². The first kappa shape index (κ1) is 30.0. The first-order valence-electron chi connectivity index (χ1n) is 14.4. The molecule has 4 aromatic carbocycles. The number of allylic oxidation sites excluding steroid dienone is 1. The second-order valence-corrected chi connectivity index (χ2v) is 10.4. The summed E-state index contributed by atoms with van der Waals surface area (Å²) in [7, 11) is 0. The van der Waals surface area contributed by atoms with Gasteiger partial charge in [-0.2, -0.15) is 0 Å². The number of nitrogens with one attached hydrogen (secondary N) is 1. The van der Waals surface area contributed by atoms with Gasteiger partial charge in [0.2, 0.25) is 6.29 Å². The van der Waals surface area contributed by atoms with Crippen molar-refractivity contribution in [2.75, 3.05) is 6.61 Å². The molecule has 0 radical (unpaired) electrons. The Bertz CT molecular complexity index is 1420. The molecule has 222 valence electrons. The van der Waals surface area contributed by atoms with Crippen molar-refractivity contribution in [2.45, 2.75) is 50.8 Å². The molecule has 0 amide bonds. The minimum atomic E-state index is -1.02. The van der Waals surface area contributed by atoms with Crippen molar-refractivity contribution in [1.82, 2.24) is 5.32 Å². The van der Waals surface area contributed by atoms with E-state index in [1.54, 1.807) is 24.3 Å².